The van der Waals surface area contributed by atoms with Gasteiger partial charge in [-0.15, -0.1) is 0 Å². The number of methoxy groups -OCH3 is 1. The average Bonchev–Trinajstić information content (AvgIpc) is 3.34. The highest BCUT2D eigenvalue weighted by Gasteiger charge is 2.22. The lowest BCUT2D eigenvalue weighted by atomic mass is 9.88. The number of hydrogen-bond acceptors (Lipinski definition) is 4. The third-order valence-corrected chi connectivity index (χ3v) is 6.52. The van der Waals surface area contributed by atoms with Crippen molar-refractivity contribution in [3.05, 3.63) is 59.2 Å². The minimum atomic E-state index is 0.327. The van der Waals surface area contributed by atoms with Gasteiger partial charge in [0.15, 0.2) is 11.5 Å². The van der Waals surface area contributed by atoms with Crippen LogP contribution in [0.5, 0.6) is 17.2 Å². The molecule has 1 saturated heterocycles. The van der Waals surface area contributed by atoms with Crippen LogP contribution in [0.25, 0.3) is 6.08 Å². The van der Waals surface area contributed by atoms with Gasteiger partial charge in [0.05, 0.1) is 19.8 Å². The van der Waals surface area contributed by atoms with E-state index in [0.29, 0.717) is 12.0 Å². The van der Waals surface area contributed by atoms with Crippen molar-refractivity contribution in [1.29, 1.82) is 0 Å². The second-order valence-electron chi connectivity index (χ2n) is 9.04. The predicted molar refractivity (Wildman–Crippen MR) is 131 cm³/mol. The van der Waals surface area contributed by atoms with E-state index in [0.717, 1.165) is 69.0 Å². The number of unbranched alkanes of at least 4 members (excludes halogenated alkanes) is 1. The van der Waals surface area contributed by atoms with E-state index in [2.05, 4.69) is 60.8 Å². The highest BCUT2D eigenvalue weighted by Crippen LogP contribution is 2.36. The molecule has 1 N–H and O–H groups in total. The summed E-state index contributed by atoms with van der Waals surface area (Å²) in [5.74, 6) is 3.12. The number of benzene rings is 2. The molecule has 4 heteroatoms. The lowest BCUT2D eigenvalue weighted by molar-refractivity contribution is 0.200. The molecular formula is C28H37NO3. The summed E-state index contributed by atoms with van der Waals surface area (Å²) in [6.45, 7) is 4.89. The fourth-order valence-corrected chi connectivity index (χ4v) is 4.67. The normalized spacial score (nSPS) is 20.4. The Labute approximate surface area is 193 Å². The summed E-state index contributed by atoms with van der Waals surface area (Å²) in [6.07, 6.45) is 10.8. The summed E-state index contributed by atoms with van der Waals surface area (Å²) in [5.41, 5.74) is 3.97. The lowest BCUT2D eigenvalue weighted by Gasteiger charge is -2.27. The molecule has 1 saturated carbocycles. The summed E-state index contributed by atoms with van der Waals surface area (Å²) >= 11 is 0. The first-order valence-corrected chi connectivity index (χ1v) is 12.2. The highest BCUT2D eigenvalue weighted by atomic mass is 16.5. The molecule has 4 rings (SSSR count). The third kappa shape index (κ3) is 6.07. The second kappa shape index (κ2) is 11.4. The maximum Gasteiger partial charge on any atom is 0.161 e. The van der Waals surface area contributed by atoms with Crippen molar-refractivity contribution in [3.8, 4) is 17.2 Å². The van der Waals surface area contributed by atoms with Gasteiger partial charge in [0.2, 0.25) is 0 Å². The molecule has 32 heavy (non-hydrogen) atoms. The molecular weight excluding hydrogens is 398 g/mol. The van der Waals surface area contributed by atoms with Gasteiger partial charge in [0.25, 0.3) is 0 Å². The molecule has 1 heterocycles. The van der Waals surface area contributed by atoms with Gasteiger partial charge in [-0.3, -0.25) is 0 Å². The molecule has 4 nitrogen and oxygen atoms in total. The van der Waals surface area contributed by atoms with Crippen molar-refractivity contribution in [1.82, 2.24) is 5.32 Å². The topological polar surface area (TPSA) is 39.7 Å². The molecule has 0 radical (unpaired) electrons. The molecule has 0 bridgehead atoms. The number of ether oxygens (including phenoxy) is 3. The summed E-state index contributed by atoms with van der Waals surface area (Å²) in [4.78, 5) is 0. The van der Waals surface area contributed by atoms with E-state index in [4.69, 9.17) is 14.2 Å². The molecule has 1 aliphatic heterocycles. The highest BCUT2D eigenvalue weighted by molar-refractivity contribution is 5.55. The Morgan fingerprint density at radius 2 is 1.84 bits per heavy atom. The Morgan fingerprint density at radius 1 is 1.03 bits per heavy atom. The SMILES string of the molecule is CCCCOc1ccc(/C=C2/CNC[C@H](c3ccc(OC)c(OC4CCCC4)c3)C2)cc1. The van der Waals surface area contributed by atoms with E-state index >= 15 is 0 Å². The standard InChI is InChI=1S/C28H37NO3/c1-3-4-15-31-25-12-9-21(10-13-25)16-22-17-24(20-29-19-22)23-11-14-27(30-2)28(18-23)32-26-7-5-6-8-26/h9-14,16,18,24,26,29H,3-8,15,17,19-20H2,1-2H3/b22-16+/t24-/m1/s1. The first-order valence-electron chi connectivity index (χ1n) is 12.2. The summed E-state index contributed by atoms with van der Waals surface area (Å²) < 4.78 is 17.7. The van der Waals surface area contributed by atoms with Crippen LogP contribution in [-0.2, 0) is 0 Å². The Kier molecular flexibility index (Phi) is 8.11. The van der Waals surface area contributed by atoms with Crippen molar-refractivity contribution < 1.29 is 14.2 Å². The van der Waals surface area contributed by atoms with Crippen LogP contribution >= 0.6 is 0 Å². The third-order valence-electron chi connectivity index (χ3n) is 6.52. The Balaban J connectivity index is 1.43. The molecule has 0 amide bonds. The molecule has 2 fully saturated rings. The molecule has 2 aliphatic rings. The van der Waals surface area contributed by atoms with E-state index < -0.39 is 0 Å². The van der Waals surface area contributed by atoms with Gasteiger partial charge >= 0.3 is 0 Å². The van der Waals surface area contributed by atoms with Crippen LogP contribution in [0.1, 0.15) is 68.9 Å². The molecule has 172 valence electrons. The van der Waals surface area contributed by atoms with Gasteiger partial charge in [-0.25, -0.2) is 0 Å². The largest absolute Gasteiger partial charge is 0.494 e. The zero-order valence-electron chi connectivity index (χ0n) is 19.6. The predicted octanol–water partition coefficient (Wildman–Crippen LogP) is 6.36. The molecule has 1 aliphatic carbocycles. The van der Waals surface area contributed by atoms with Crippen molar-refractivity contribution in [2.45, 2.75) is 63.9 Å². The van der Waals surface area contributed by atoms with Gasteiger partial charge in [0.1, 0.15) is 5.75 Å². The Bertz CT molecular complexity index is 884. The number of hydrogen-bond donors (Lipinski definition) is 1. The lowest BCUT2D eigenvalue weighted by Crippen LogP contribution is -2.30. The first-order chi connectivity index (χ1) is 15.7. The van der Waals surface area contributed by atoms with Crippen LogP contribution < -0.4 is 19.5 Å². The molecule has 1 atom stereocenters. The second-order valence-corrected chi connectivity index (χ2v) is 9.04. The van der Waals surface area contributed by atoms with E-state index in [9.17, 15) is 0 Å². The van der Waals surface area contributed by atoms with E-state index in [1.807, 2.05) is 0 Å². The van der Waals surface area contributed by atoms with E-state index in [-0.39, 0.29) is 0 Å². The van der Waals surface area contributed by atoms with Gasteiger partial charge < -0.3 is 19.5 Å². The fraction of sp³-hybridized carbons (Fsp3) is 0.500. The summed E-state index contributed by atoms with van der Waals surface area (Å²) in [5, 5.41) is 3.61. The molecule has 0 aromatic heterocycles. The van der Waals surface area contributed by atoms with Crippen molar-refractivity contribution in [3.63, 3.8) is 0 Å². The van der Waals surface area contributed by atoms with Crippen molar-refractivity contribution in [2.24, 2.45) is 0 Å². The molecule has 0 unspecified atom stereocenters. The fourth-order valence-electron chi connectivity index (χ4n) is 4.67. The smallest absolute Gasteiger partial charge is 0.161 e. The maximum atomic E-state index is 6.33. The molecule has 0 spiro atoms. The molecule has 2 aromatic carbocycles. The van der Waals surface area contributed by atoms with Gasteiger partial charge in [-0.2, -0.15) is 0 Å². The van der Waals surface area contributed by atoms with Crippen LogP contribution in [0.4, 0.5) is 0 Å². The summed E-state index contributed by atoms with van der Waals surface area (Å²) in [7, 11) is 1.72. The van der Waals surface area contributed by atoms with E-state index in [1.165, 1.54) is 29.5 Å². The molecule has 2 aromatic rings. The zero-order valence-corrected chi connectivity index (χ0v) is 19.6. The quantitative estimate of drug-likeness (QED) is 0.466. The minimum absolute atomic E-state index is 0.327. The van der Waals surface area contributed by atoms with Crippen LogP contribution in [0.3, 0.4) is 0 Å². The number of rotatable bonds is 9. The minimum Gasteiger partial charge on any atom is -0.494 e. The van der Waals surface area contributed by atoms with Crippen LogP contribution in [0.15, 0.2) is 48.0 Å². The number of piperidine rings is 1. The van der Waals surface area contributed by atoms with Crippen LogP contribution in [-0.4, -0.2) is 32.9 Å². The average molecular weight is 436 g/mol. The first kappa shape index (κ1) is 22.7. The Hall–Kier alpha value is -2.46. The van der Waals surface area contributed by atoms with Crippen LogP contribution in [0.2, 0.25) is 0 Å². The van der Waals surface area contributed by atoms with E-state index in [1.54, 1.807) is 7.11 Å². The van der Waals surface area contributed by atoms with Crippen LogP contribution in [0, 0.1) is 0 Å². The monoisotopic (exact) mass is 435 g/mol. The number of nitrogens with one attached hydrogen (secondary N) is 1. The van der Waals surface area contributed by atoms with Gasteiger partial charge in [-0.05, 0) is 73.9 Å². The van der Waals surface area contributed by atoms with Crippen molar-refractivity contribution in [2.75, 3.05) is 26.8 Å². The van der Waals surface area contributed by atoms with Gasteiger partial charge in [-0.1, -0.05) is 43.2 Å². The maximum absolute atomic E-state index is 6.33. The van der Waals surface area contributed by atoms with Gasteiger partial charge in [0, 0.05) is 19.0 Å². The zero-order chi connectivity index (χ0) is 22.2. The summed E-state index contributed by atoms with van der Waals surface area (Å²) in [6, 6.07) is 14.9. The van der Waals surface area contributed by atoms with Crippen molar-refractivity contribution >= 4 is 6.08 Å². The Morgan fingerprint density at radius 3 is 2.59 bits per heavy atom.